The van der Waals surface area contributed by atoms with E-state index in [1.165, 1.54) is 0 Å². The molecule has 152 valence electrons. The molecule has 3 N–H and O–H groups in total. The Morgan fingerprint density at radius 2 is 1.96 bits per heavy atom. The number of piperidine rings is 1. The van der Waals surface area contributed by atoms with Gasteiger partial charge in [-0.15, -0.1) is 0 Å². The Balaban J connectivity index is 1.53. The molecule has 0 radical (unpaired) electrons. The fourth-order valence-electron chi connectivity index (χ4n) is 3.48. The van der Waals surface area contributed by atoms with Gasteiger partial charge >= 0.3 is 6.03 Å². The van der Waals surface area contributed by atoms with Crippen molar-refractivity contribution in [3.63, 3.8) is 0 Å². The highest BCUT2D eigenvalue weighted by molar-refractivity contribution is 6.32. The zero-order chi connectivity index (χ0) is 20.5. The molecule has 2 fully saturated rings. The summed E-state index contributed by atoms with van der Waals surface area (Å²) in [6.45, 7) is 7.49. The highest BCUT2D eigenvalue weighted by Gasteiger charge is 2.37. The summed E-state index contributed by atoms with van der Waals surface area (Å²) < 4.78 is 0. The largest absolute Gasteiger partial charge is 0.335 e. The Hall–Kier alpha value is -2.19. The van der Waals surface area contributed by atoms with E-state index in [1.54, 1.807) is 6.20 Å². The average molecular weight is 408 g/mol. The molecular formula is C19H26ClN5O3. The molecule has 3 rings (SSSR count). The molecule has 1 aromatic rings. The number of hydrogen-bond acceptors (Lipinski definition) is 5. The van der Waals surface area contributed by atoms with Crippen molar-refractivity contribution in [3.05, 3.63) is 23.0 Å². The van der Waals surface area contributed by atoms with Gasteiger partial charge in [0.25, 0.3) is 0 Å². The zero-order valence-electron chi connectivity index (χ0n) is 16.3. The number of hydrogen-bond donors (Lipinski definition) is 3. The number of nitrogens with zero attached hydrogens (tertiary/aromatic N) is 2. The highest BCUT2D eigenvalue weighted by atomic mass is 35.5. The van der Waals surface area contributed by atoms with Crippen LogP contribution >= 0.6 is 11.6 Å². The summed E-state index contributed by atoms with van der Waals surface area (Å²) in [5, 5.41) is 8.32. The first kappa shape index (κ1) is 20.5. The van der Waals surface area contributed by atoms with Gasteiger partial charge in [0, 0.05) is 25.3 Å². The number of pyridine rings is 1. The molecule has 1 atom stereocenters. The number of imide groups is 1. The van der Waals surface area contributed by atoms with Gasteiger partial charge in [-0.3, -0.25) is 19.8 Å². The van der Waals surface area contributed by atoms with Gasteiger partial charge in [-0.2, -0.15) is 0 Å². The van der Waals surface area contributed by atoms with Crippen LogP contribution in [0.1, 0.15) is 45.6 Å². The Labute approximate surface area is 169 Å². The number of carbonyl (C=O) groups is 3. The molecule has 8 nitrogen and oxygen atoms in total. The van der Waals surface area contributed by atoms with Crippen molar-refractivity contribution in [1.29, 1.82) is 0 Å². The maximum Gasteiger partial charge on any atom is 0.319 e. The van der Waals surface area contributed by atoms with E-state index in [2.05, 4.69) is 41.7 Å². The van der Waals surface area contributed by atoms with Gasteiger partial charge in [-0.05, 0) is 29.9 Å². The molecule has 2 aliphatic rings. The molecule has 28 heavy (non-hydrogen) atoms. The Bertz CT molecular complexity index is 784. The van der Waals surface area contributed by atoms with Crippen LogP contribution in [-0.2, 0) is 15.0 Å². The van der Waals surface area contributed by atoms with Crippen molar-refractivity contribution in [2.24, 2.45) is 0 Å². The fourth-order valence-corrected chi connectivity index (χ4v) is 3.63. The first-order valence-electron chi connectivity index (χ1n) is 9.45. The van der Waals surface area contributed by atoms with Crippen LogP contribution in [0.3, 0.4) is 0 Å². The summed E-state index contributed by atoms with van der Waals surface area (Å²) in [4.78, 5) is 41.7. The summed E-state index contributed by atoms with van der Waals surface area (Å²) in [5.41, 5.74) is 1.35. The topological polar surface area (TPSA) is 103 Å². The molecule has 2 aliphatic heterocycles. The number of halogens is 1. The first-order valence-corrected chi connectivity index (χ1v) is 9.82. The van der Waals surface area contributed by atoms with Crippen molar-refractivity contribution in [1.82, 2.24) is 20.5 Å². The number of anilines is 1. The number of carbonyl (C=O) groups excluding carboxylic acids is 3. The average Bonchev–Trinajstić information content (AvgIpc) is 2.95. The van der Waals surface area contributed by atoms with Crippen molar-refractivity contribution >= 4 is 35.1 Å². The second-order valence-corrected chi connectivity index (χ2v) is 8.71. The van der Waals surface area contributed by atoms with Crippen molar-refractivity contribution in [2.75, 3.05) is 18.4 Å². The van der Waals surface area contributed by atoms with Crippen LogP contribution in [0.5, 0.6) is 0 Å². The SMILES string of the molecule is CC(C)(C)c1cnc(Cl)c(NC(=O)NC2CCN(C3CC(=O)NC3=O)CC2)c1. The van der Waals surface area contributed by atoms with E-state index in [0.717, 1.165) is 5.56 Å². The third kappa shape index (κ3) is 4.80. The summed E-state index contributed by atoms with van der Waals surface area (Å²) in [7, 11) is 0. The van der Waals surface area contributed by atoms with Crippen LogP contribution in [0.2, 0.25) is 5.15 Å². The van der Waals surface area contributed by atoms with Crippen LogP contribution in [0.4, 0.5) is 10.5 Å². The minimum atomic E-state index is -0.382. The van der Waals surface area contributed by atoms with E-state index < -0.39 is 0 Å². The standard InChI is InChI=1S/C19H26ClN5O3/c1-19(2,3)11-8-13(16(20)21-10-11)23-18(28)22-12-4-6-25(7-5-12)14-9-15(26)24-17(14)27/h8,10,12,14H,4-7,9H2,1-3H3,(H2,22,23,28)(H,24,26,27). The van der Waals surface area contributed by atoms with Gasteiger partial charge in [0.1, 0.15) is 0 Å². The van der Waals surface area contributed by atoms with Crippen LogP contribution in [0, 0.1) is 0 Å². The lowest BCUT2D eigenvalue weighted by atomic mass is 9.88. The summed E-state index contributed by atoms with van der Waals surface area (Å²) in [6, 6.07) is 1.12. The number of rotatable bonds is 3. The van der Waals surface area contributed by atoms with E-state index in [0.29, 0.717) is 31.6 Å². The lowest BCUT2D eigenvalue weighted by Gasteiger charge is -2.34. The number of amides is 4. The minimum Gasteiger partial charge on any atom is -0.335 e. The molecule has 0 spiro atoms. The summed E-state index contributed by atoms with van der Waals surface area (Å²) >= 11 is 6.12. The Kier molecular flexibility index (Phi) is 5.90. The molecule has 9 heteroatoms. The second kappa shape index (κ2) is 8.05. The zero-order valence-corrected chi connectivity index (χ0v) is 17.1. The summed E-state index contributed by atoms with van der Waals surface area (Å²) in [5.74, 6) is -0.451. The summed E-state index contributed by atoms with van der Waals surface area (Å²) in [6.07, 6.45) is 3.34. The molecule has 4 amide bonds. The van der Waals surface area contributed by atoms with Gasteiger partial charge < -0.3 is 10.6 Å². The normalized spacial score (nSPS) is 21.5. The molecule has 3 heterocycles. The lowest BCUT2D eigenvalue weighted by Crippen LogP contribution is -2.50. The predicted molar refractivity (Wildman–Crippen MR) is 106 cm³/mol. The molecular weight excluding hydrogens is 382 g/mol. The third-order valence-corrected chi connectivity index (χ3v) is 5.50. The van der Waals surface area contributed by atoms with E-state index in [4.69, 9.17) is 11.6 Å². The number of aromatic nitrogens is 1. The van der Waals surface area contributed by atoms with Gasteiger partial charge in [-0.25, -0.2) is 9.78 Å². The van der Waals surface area contributed by atoms with Crippen molar-refractivity contribution < 1.29 is 14.4 Å². The lowest BCUT2D eigenvalue weighted by molar-refractivity contribution is -0.126. The third-order valence-electron chi connectivity index (χ3n) is 5.20. The van der Waals surface area contributed by atoms with Gasteiger partial charge in [0.05, 0.1) is 18.2 Å². The monoisotopic (exact) mass is 407 g/mol. The van der Waals surface area contributed by atoms with Crippen molar-refractivity contribution in [2.45, 2.75) is 57.5 Å². The van der Waals surface area contributed by atoms with Gasteiger partial charge in [-0.1, -0.05) is 32.4 Å². The Morgan fingerprint density at radius 1 is 1.29 bits per heavy atom. The van der Waals surface area contributed by atoms with Crippen LogP contribution < -0.4 is 16.0 Å². The van der Waals surface area contributed by atoms with E-state index in [9.17, 15) is 14.4 Å². The van der Waals surface area contributed by atoms with Crippen LogP contribution in [0.15, 0.2) is 12.3 Å². The molecule has 0 aromatic carbocycles. The maximum atomic E-state index is 12.4. The van der Waals surface area contributed by atoms with E-state index in [-0.39, 0.29) is 46.9 Å². The molecule has 2 saturated heterocycles. The Morgan fingerprint density at radius 3 is 2.54 bits per heavy atom. The predicted octanol–water partition coefficient (Wildman–Crippen LogP) is 2.03. The van der Waals surface area contributed by atoms with Gasteiger partial charge in [0.2, 0.25) is 11.8 Å². The second-order valence-electron chi connectivity index (χ2n) is 8.35. The highest BCUT2D eigenvalue weighted by Crippen LogP contribution is 2.28. The van der Waals surface area contributed by atoms with Gasteiger partial charge in [0.15, 0.2) is 5.15 Å². The van der Waals surface area contributed by atoms with Crippen molar-refractivity contribution in [3.8, 4) is 0 Å². The quantitative estimate of drug-likeness (QED) is 0.525. The number of likely N-dealkylation sites (tertiary alicyclic amines) is 1. The fraction of sp³-hybridized carbons (Fsp3) is 0.579. The number of nitrogens with one attached hydrogen (secondary N) is 3. The molecule has 0 aliphatic carbocycles. The molecule has 0 saturated carbocycles. The van der Waals surface area contributed by atoms with Crippen LogP contribution in [0.25, 0.3) is 0 Å². The van der Waals surface area contributed by atoms with Crippen LogP contribution in [-0.4, -0.2) is 52.9 Å². The van der Waals surface area contributed by atoms with E-state index >= 15 is 0 Å². The molecule has 1 aromatic heterocycles. The first-order chi connectivity index (χ1) is 13.1. The maximum absolute atomic E-state index is 12.4. The minimum absolute atomic E-state index is 0.00560. The number of urea groups is 1. The van der Waals surface area contributed by atoms with E-state index in [1.807, 2.05) is 11.0 Å². The molecule has 1 unspecified atom stereocenters. The molecule has 0 bridgehead atoms. The smallest absolute Gasteiger partial charge is 0.319 e.